The van der Waals surface area contributed by atoms with Crippen molar-refractivity contribution in [2.24, 2.45) is 0 Å². The predicted octanol–water partition coefficient (Wildman–Crippen LogP) is 1.22. The Labute approximate surface area is 107 Å². The summed E-state index contributed by atoms with van der Waals surface area (Å²) in [6.07, 6.45) is 2.86. The molecule has 0 fully saturated rings. The normalized spacial score (nSPS) is 9.95. The number of H-pyrrole nitrogens is 1. The van der Waals surface area contributed by atoms with Crippen molar-refractivity contribution in [1.82, 2.24) is 9.97 Å². The maximum Gasteiger partial charge on any atom is 0.339 e. The van der Waals surface area contributed by atoms with Crippen LogP contribution in [0, 0.1) is 0 Å². The molecule has 0 unspecified atom stereocenters. The van der Waals surface area contributed by atoms with E-state index in [1.807, 2.05) is 0 Å². The Morgan fingerprint density at radius 1 is 1.47 bits per heavy atom. The lowest BCUT2D eigenvalue weighted by Crippen LogP contribution is -2.12. The van der Waals surface area contributed by atoms with Crippen molar-refractivity contribution in [3.63, 3.8) is 0 Å². The number of aromatic nitrogens is 2. The minimum atomic E-state index is -1.08. The molecule has 0 amide bonds. The third-order valence-electron chi connectivity index (χ3n) is 2.40. The lowest BCUT2D eigenvalue weighted by Gasteiger charge is -2.08. The molecular formula is C12H11N3O4. The highest BCUT2D eigenvalue weighted by Crippen LogP contribution is 2.24. The summed E-state index contributed by atoms with van der Waals surface area (Å²) in [6, 6.07) is 4.40. The average Bonchev–Trinajstić information content (AvgIpc) is 2.41. The van der Waals surface area contributed by atoms with E-state index >= 15 is 0 Å². The number of aromatic amines is 1. The summed E-state index contributed by atoms with van der Waals surface area (Å²) in [4.78, 5) is 28.7. The number of nitrogens with one attached hydrogen (secondary N) is 2. The topological polar surface area (TPSA) is 104 Å². The largest absolute Gasteiger partial charge is 0.496 e. The van der Waals surface area contributed by atoms with Crippen molar-refractivity contribution in [3.8, 4) is 5.75 Å². The molecule has 2 aromatic rings. The first-order valence-corrected chi connectivity index (χ1v) is 5.34. The van der Waals surface area contributed by atoms with Crippen molar-refractivity contribution in [2.45, 2.75) is 0 Å². The molecule has 7 nitrogen and oxygen atoms in total. The Balaban J connectivity index is 2.35. The number of hydrogen-bond donors (Lipinski definition) is 3. The van der Waals surface area contributed by atoms with Gasteiger partial charge in [-0.2, -0.15) is 0 Å². The second-order valence-corrected chi connectivity index (χ2v) is 3.61. The molecule has 0 radical (unpaired) electrons. The zero-order valence-corrected chi connectivity index (χ0v) is 10.0. The van der Waals surface area contributed by atoms with Crippen LogP contribution < -0.4 is 15.6 Å². The van der Waals surface area contributed by atoms with Crippen LogP contribution >= 0.6 is 0 Å². The van der Waals surface area contributed by atoms with E-state index in [9.17, 15) is 9.59 Å². The average molecular weight is 261 g/mol. The molecule has 3 N–H and O–H groups in total. The summed E-state index contributed by atoms with van der Waals surface area (Å²) in [7, 11) is 1.37. The summed E-state index contributed by atoms with van der Waals surface area (Å²) in [5.74, 6) is -0.767. The van der Waals surface area contributed by atoms with Gasteiger partial charge in [-0.1, -0.05) is 0 Å². The molecule has 0 saturated carbocycles. The highest BCUT2D eigenvalue weighted by atomic mass is 16.5. The minimum absolute atomic E-state index is 0.0444. The Morgan fingerprint density at radius 3 is 2.89 bits per heavy atom. The van der Waals surface area contributed by atoms with Crippen molar-refractivity contribution < 1.29 is 14.6 Å². The highest BCUT2D eigenvalue weighted by molar-refractivity contribution is 5.91. The van der Waals surface area contributed by atoms with Gasteiger partial charge in [0.1, 0.15) is 11.3 Å². The highest BCUT2D eigenvalue weighted by Gasteiger charge is 2.11. The number of methoxy groups -OCH3 is 1. The molecule has 0 bridgehead atoms. The number of ether oxygens (including phenoxy) is 1. The van der Waals surface area contributed by atoms with Gasteiger partial charge in [-0.25, -0.2) is 9.78 Å². The number of anilines is 2. The lowest BCUT2D eigenvalue weighted by atomic mass is 10.2. The monoisotopic (exact) mass is 261 g/mol. The van der Waals surface area contributed by atoms with Crippen LogP contribution in [0.2, 0.25) is 0 Å². The van der Waals surface area contributed by atoms with Crippen LogP contribution in [0.4, 0.5) is 11.5 Å². The smallest absolute Gasteiger partial charge is 0.339 e. The zero-order chi connectivity index (χ0) is 13.8. The van der Waals surface area contributed by atoms with Gasteiger partial charge in [-0.15, -0.1) is 0 Å². The summed E-state index contributed by atoms with van der Waals surface area (Å²) in [5.41, 5.74) is 0.179. The fraction of sp³-hybridized carbons (Fsp3) is 0.0833. The third kappa shape index (κ3) is 2.71. The summed E-state index contributed by atoms with van der Waals surface area (Å²) < 4.78 is 4.99. The van der Waals surface area contributed by atoms with Crippen LogP contribution in [0.25, 0.3) is 0 Å². The predicted molar refractivity (Wildman–Crippen MR) is 68.1 cm³/mol. The van der Waals surface area contributed by atoms with Crippen molar-refractivity contribution >= 4 is 17.5 Å². The lowest BCUT2D eigenvalue weighted by molar-refractivity contribution is 0.0693. The molecule has 98 valence electrons. The van der Waals surface area contributed by atoms with E-state index in [2.05, 4.69) is 15.3 Å². The van der Waals surface area contributed by atoms with E-state index < -0.39 is 5.97 Å². The van der Waals surface area contributed by atoms with Crippen molar-refractivity contribution in [3.05, 3.63) is 46.5 Å². The van der Waals surface area contributed by atoms with Gasteiger partial charge in [0.15, 0.2) is 5.82 Å². The van der Waals surface area contributed by atoms with E-state index in [4.69, 9.17) is 9.84 Å². The minimum Gasteiger partial charge on any atom is -0.496 e. The van der Waals surface area contributed by atoms with Gasteiger partial charge in [0, 0.05) is 24.1 Å². The van der Waals surface area contributed by atoms with Crippen LogP contribution in [0.3, 0.4) is 0 Å². The summed E-state index contributed by atoms with van der Waals surface area (Å²) in [5, 5.41) is 11.7. The summed E-state index contributed by atoms with van der Waals surface area (Å²) in [6.45, 7) is 0. The maximum atomic E-state index is 11.4. The molecule has 1 heterocycles. The second-order valence-electron chi connectivity index (χ2n) is 3.61. The standard InChI is InChI=1S/C12H11N3O4/c1-19-9-6-7(2-3-8(9)12(17)18)15-10-11(16)14-5-4-13-10/h2-6H,1H3,(H,13,15)(H,14,16)(H,17,18). The molecule has 0 aliphatic heterocycles. The Morgan fingerprint density at radius 2 is 2.26 bits per heavy atom. The van der Waals surface area contributed by atoms with Crippen molar-refractivity contribution in [1.29, 1.82) is 0 Å². The fourth-order valence-electron chi connectivity index (χ4n) is 1.52. The van der Waals surface area contributed by atoms with Crippen LogP contribution in [-0.2, 0) is 0 Å². The number of nitrogens with zero attached hydrogens (tertiary/aromatic N) is 1. The molecule has 1 aromatic heterocycles. The number of carboxylic acid groups (broad SMARTS) is 1. The second kappa shape index (κ2) is 5.21. The molecule has 1 aromatic carbocycles. The first-order chi connectivity index (χ1) is 9.11. The van der Waals surface area contributed by atoms with Crippen LogP contribution in [-0.4, -0.2) is 28.2 Å². The molecule has 19 heavy (non-hydrogen) atoms. The fourth-order valence-corrected chi connectivity index (χ4v) is 1.52. The van der Waals surface area contributed by atoms with E-state index in [0.29, 0.717) is 5.69 Å². The van der Waals surface area contributed by atoms with Gasteiger partial charge in [0.25, 0.3) is 5.56 Å². The van der Waals surface area contributed by atoms with Crippen molar-refractivity contribution in [2.75, 3.05) is 12.4 Å². The van der Waals surface area contributed by atoms with E-state index in [0.717, 1.165) is 0 Å². The Kier molecular flexibility index (Phi) is 3.46. The zero-order valence-electron chi connectivity index (χ0n) is 10.0. The van der Waals surface area contributed by atoms with Gasteiger partial charge < -0.3 is 20.1 Å². The van der Waals surface area contributed by atoms with E-state index in [1.165, 1.54) is 37.7 Å². The number of benzene rings is 1. The number of hydrogen-bond acceptors (Lipinski definition) is 5. The first kappa shape index (κ1) is 12.6. The molecule has 0 spiro atoms. The number of aromatic carboxylic acids is 1. The number of rotatable bonds is 4. The summed E-state index contributed by atoms with van der Waals surface area (Å²) >= 11 is 0. The molecule has 0 atom stereocenters. The quantitative estimate of drug-likeness (QED) is 0.764. The van der Waals surface area contributed by atoms with Gasteiger partial charge in [0.2, 0.25) is 0 Å². The van der Waals surface area contributed by atoms with Gasteiger partial charge in [0.05, 0.1) is 7.11 Å². The Bertz CT molecular complexity index is 666. The van der Waals surface area contributed by atoms with Crippen LogP contribution in [0.1, 0.15) is 10.4 Å². The molecule has 7 heteroatoms. The van der Waals surface area contributed by atoms with Crippen LogP contribution in [0.5, 0.6) is 5.75 Å². The number of carbonyl (C=O) groups is 1. The maximum absolute atomic E-state index is 11.4. The van der Waals surface area contributed by atoms with Gasteiger partial charge >= 0.3 is 5.97 Å². The van der Waals surface area contributed by atoms with Crippen LogP contribution in [0.15, 0.2) is 35.4 Å². The molecule has 0 saturated heterocycles. The van der Waals surface area contributed by atoms with E-state index in [-0.39, 0.29) is 22.7 Å². The SMILES string of the molecule is COc1cc(Nc2ncc[nH]c2=O)ccc1C(=O)O. The van der Waals surface area contributed by atoms with Gasteiger partial charge in [-0.3, -0.25) is 4.79 Å². The Hall–Kier alpha value is -2.83. The number of carboxylic acids is 1. The van der Waals surface area contributed by atoms with E-state index in [1.54, 1.807) is 0 Å². The first-order valence-electron chi connectivity index (χ1n) is 5.34. The molecular weight excluding hydrogens is 250 g/mol. The van der Waals surface area contributed by atoms with Gasteiger partial charge in [-0.05, 0) is 12.1 Å². The molecule has 2 rings (SSSR count). The molecule has 0 aliphatic carbocycles. The molecule has 0 aliphatic rings. The third-order valence-corrected chi connectivity index (χ3v) is 2.40.